The maximum atomic E-state index is 14.5. The van der Waals surface area contributed by atoms with Gasteiger partial charge in [-0.2, -0.15) is 0 Å². The largest absolute Gasteiger partial charge is 0.454 e. The monoisotopic (exact) mass is 563 g/mol. The third-order valence-electron chi connectivity index (χ3n) is 6.33. The van der Waals surface area contributed by atoms with Crippen LogP contribution in [0.3, 0.4) is 0 Å². The molecule has 39 heavy (non-hydrogen) atoms. The van der Waals surface area contributed by atoms with E-state index in [2.05, 4.69) is 5.32 Å². The number of anilines is 1. The van der Waals surface area contributed by atoms with E-state index in [0.29, 0.717) is 33.3 Å². The molecule has 0 unspecified atom stereocenters. The van der Waals surface area contributed by atoms with Gasteiger partial charge in [-0.05, 0) is 48.2 Å². The number of imide groups is 1. The van der Waals surface area contributed by atoms with Gasteiger partial charge >= 0.3 is 0 Å². The lowest BCUT2D eigenvalue weighted by molar-refractivity contribution is -0.127. The summed E-state index contributed by atoms with van der Waals surface area (Å²) in [5, 5.41) is 3.25. The van der Waals surface area contributed by atoms with E-state index in [1.165, 1.54) is 6.07 Å². The number of nitrogens with zero attached hydrogens (tertiary/aromatic N) is 2. The van der Waals surface area contributed by atoms with Crippen LogP contribution in [0.25, 0.3) is 17.0 Å². The number of halogens is 2. The van der Waals surface area contributed by atoms with Crippen molar-refractivity contribution in [3.63, 3.8) is 0 Å². The maximum Gasteiger partial charge on any atom is 0.294 e. The van der Waals surface area contributed by atoms with Crippen LogP contribution in [0.4, 0.5) is 14.9 Å². The molecule has 1 aromatic heterocycles. The number of benzene rings is 3. The SMILES string of the molecule is O=C(CN1C(=O)S/C(=C/c2cn(Cc3c(F)cccc3Cl)c3ccccc23)C1=O)Nc1ccc2c(c1)OCO2. The molecule has 3 aromatic carbocycles. The summed E-state index contributed by atoms with van der Waals surface area (Å²) in [4.78, 5) is 39.5. The molecular weight excluding hydrogens is 545 g/mol. The Balaban J connectivity index is 1.22. The Morgan fingerprint density at radius 2 is 1.90 bits per heavy atom. The van der Waals surface area contributed by atoms with E-state index >= 15 is 0 Å². The van der Waals surface area contributed by atoms with Gasteiger partial charge in [-0.3, -0.25) is 19.3 Å². The van der Waals surface area contributed by atoms with Gasteiger partial charge < -0.3 is 19.4 Å². The zero-order valence-corrected chi connectivity index (χ0v) is 21.7. The molecule has 11 heteroatoms. The van der Waals surface area contributed by atoms with Crippen molar-refractivity contribution in [2.24, 2.45) is 0 Å². The van der Waals surface area contributed by atoms with Gasteiger partial charge in [-0.25, -0.2) is 4.39 Å². The van der Waals surface area contributed by atoms with E-state index in [9.17, 15) is 18.8 Å². The Morgan fingerprint density at radius 1 is 1.08 bits per heavy atom. The van der Waals surface area contributed by atoms with Gasteiger partial charge in [0.25, 0.3) is 11.1 Å². The number of aromatic nitrogens is 1. The van der Waals surface area contributed by atoms with Gasteiger partial charge in [0.05, 0.1) is 11.4 Å². The first-order chi connectivity index (χ1) is 18.9. The van der Waals surface area contributed by atoms with Crippen molar-refractivity contribution in [2.75, 3.05) is 18.7 Å². The van der Waals surface area contributed by atoms with Crippen molar-refractivity contribution >= 4 is 63.1 Å². The summed E-state index contributed by atoms with van der Waals surface area (Å²) in [6.45, 7) is -0.156. The molecule has 2 aliphatic heterocycles. The minimum absolute atomic E-state index is 0.103. The van der Waals surface area contributed by atoms with Crippen LogP contribution < -0.4 is 14.8 Å². The molecule has 3 amide bonds. The van der Waals surface area contributed by atoms with Crippen LogP contribution in [-0.2, 0) is 16.1 Å². The Morgan fingerprint density at radius 3 is 2.74 bits per heavy atom. The van der Waals surface area contributed by atoms with Gasteiger partial charge in [0.2, 0.25) is 12.7 Å². The highest BCUT2D eigenvalue weighted by Crippen LogP contribution is 2.36. The first-order valence-corrected chi connectivity index (χ1v) is 13.0. The maximum absolute atomic E-state index is 14.5. The number of carbonyl (C=O) groups excluding carboxylic acids is 3. The first-order valence-electron chi connectivity index (χ1n) is 11.8. The topological polar surface area (TPSA) is 89.9 Å². The minimum atomic E-state index is -0.570. The summed E-state index contributed by atoms with van der Waals surface area (Å²) in [7, 11) is 0. The summed E-state index contributed by atoms with van der Waals surface area (Å²) in [5.74, 6) is -0.446. The van der Waals surface area contributed by atoms with Crippen LogP contribution in [0, 0.1) is 5.82 Å². The number of amides is 3. The van der Waals surface area contributed by atoms with E-state index < -0.39 is 29.4 Å². The lowest BCUT2D eigenvalue weighted by Crippen LogP contribution is -2.36. The second-order valence-electron chi connectivity index (χ2n) is 8.81. The molecule has 196 valence electrons. The van der Waals surface area contributed by atoms with E-state index in [0.717, 1.165) is 27.6 Å². The van der Waals surface area contributed by atoms with Crippen molar-refractivity contribution in [1.82, 2.24) is 9.47 Å². The Labute approximate surface area is 230 Å². The lowest BCUT2D eigenvalue weighted by atomic mass is 10.1. The van der Waals surface area contributed by atoms with Gasteiger partial charge in [-0.15, -0.1) is 0 Å². The van der Waals surface area contributed by atoms with Crippen LogP contribution in [-0.4, -0.2) is 39.9 Å². The lowest BCUT2D eigenvalue weighted by Gasteiger charge is -2.12. The third kappa shape index (κ3) is 4.84. The standard InChI is InChI=1S/C28H19ClFN3O5S/c29-20-5-3-6-21(30)19(20)13-32-12-16(18-4-1-2-7-22(18)32)10-25-27(35)33(28(36)39-25)14-26(34)31-17-8-9-23-24(11-17)38-15-37-23/h1-12H,13-15H2,(H,31,34)/b25-10+. The average Bonchev–Trinajstić information content (AvgIpc) is 3.59. The number of para-hydroxylation sites is 1. The van der Waals surface area contributed by atoms with E-state index in [4.69, 9.17) is 21.1 Å². The van der Waals surface area contributed by atoms with Crippen molar-refractivity contribution in [3.8, 4) is 11.5 Å². The first kappa shape index (κ1) is 25.0. The number of thioether (sulfide) groups is 1. The molecular formula is C28H19ClFN3O5S. The van der Waals surface area contributed by atoms with Gasteiger partial charge in [-0.1, -0.05) is 35.9 Å². The smallest absolute Gasteiger partial charge is 0.294 e. The number of hydrogen-bond donors (Lipinski definition) is 1. The minimum Gasteiger partial charge on any atom is -0.454 e. The van der Waals surface area contributed by atoms with Crippen LogP contribution in [0.15, 0.2) is 71.8 Å². The van der Waals surface area contributed by atoms with E-state index in [1.54, 1.807) is 42.6 Å². The van der Waals surface area contributed by atoms with Crippen LogP contribution in [0.5, 0.6) is 11.5 Å². The van der Waals surface area contributed by atoms with Crippen LogP contribution in [0.2, 0.25) is 5.02 Å². The van der Waals surface area contributed by atoms with Gasteiger partial charge in [0.15, 0.2) is 11.5 Å². The second-order valence-corrected chi connectivity index (χ2v) is 10.2. The molecule has 0 spiro atoms. The molecule has 8 nitrogen and oxygen atoms in total. The fourth-order valence-electron chi connectivity index (χ4n) is 4.47. The quantitative estimate of drug-likeness (QED) is 0.294. The highest BCUT2D eigenvalue weighted by Gasteiger charge is 2.36. The molecule has 0 bridgehead atoms. The highest BCUT2D eigenvalue weighted by atomic mass is 35.5. The Bertz CT molecular complexity index is 1680. The normalized spacial score (nSPS) is 15.5. The van der Waals surface area contributed by atoms with Crippen molar-refractivity contribution in [3.05, 3.63) is 93.7 Å². The number of fused-ring (bicyclic) bond motifs is 2. The predicted octanol–water partition coefficient (Wildman–Crippen LogP) is 5.89. The fourth-order valence-corrected chi connectivity index (χ4v) is 5.52. The zero-order chi connectivity index (χ0) is 27.1. The average molecular weight is 564 g/mol. The number of rotatable bonds is 6. The third-order valence-corrected chi connectivity index (χ3v) is 7.59. The fraction of sp³-hybridized carbons (Fsp3) is 0.107. The number of carbonyl (C=O) groups is 3. The van der Waals surface area contributed by atoms with Crippen LogP contribution >= 0.6 is 23.4 Å². The summed E-state index contributed by atoms with van der Waals surface area (Å²) in [6, 6.07) is 16.9. The van der Waals surface area contributed by atoms with Crippen molar-refractivity contribution in [2.45, 2.75) is 6.54 Å². The number of ether oxygens (including phenoxy) is 2. The molecule has 0 saturated carbocycles. The summed E-state index contributed by atoms with van der Waals surface area (Å²) < 4.78 is 26.9. The molecule has 1 N–H and O–H groups in total. The summed E-state index contributed by atoms with van der Waals surface area (Å²) in [6.07, 6.45) is 3.40. The van der Waals surface area contributed by atoms with Crippen LogP contribution in [0.1, 0.15) is 11.1 Å². The molecule has 1 fully saturated rings. The van der Waals surface area contributed by atoms with E-state index in [-0.39, 0.29) is 18.2 Å². The molecule has 6 rings (SSSR count). The molecule has 4 aromatic rings. The molecule has 3 heterocycles. The zero-order valence-electron chi connectivity index (χ0n) is 20.1. The molecule has 0 aliphatic carbocycles. The Hall–Kier alpha value is -4.28. The molecule has 0 atom stereocenters. The molecule has 1 saturated heterocycles. The number of nitrogens with one attached hydrogen (secondary N) is 1. The van der Waals surface area contributed by atoms with Gasteiger partial charge in [0.1, 0.15) is 12.4 Å². The van der Waals surface area contributed by atoms with Gasteiger partial charge in [0, 0.05) is 45.0 Å². The second kappa shape index (κ2) is 10.1. The summed E-state index contributed by atoms with van der Waals surface area (Å²) in [5.41, 5.74) is 2.29. The highest BCUT2D eigenvalue weighted by molar-refractivity contribution is 8.18. The van der Waals surface area contributed by atoms with E-state index in [1.807, 2.05) is 28.8 Å². The molecule has 0 radical (unpaired) electrons. The molecule has 2 aliphatic rings. The number of hydrogen-bond acceptors (Lipinski definition) is 6. The van der Waals surface area contributed by atoms with Crippen molar-refractivity contribution in [1.29, 1.82) is 0 Å². The predicted molar refractivity (Wildman–Crippen MR) is 146 cm³/mol. The summed E-state index contributed by atoms with van der Waals surface area (Å²) >= 11 is 7.00. The van der Waals surface area contributed by atoms with Crippen molar-refractivity contribution < 1.29 is 28.2 Å². The Kier molecular flexibility index (Phi) is 6.49.